The van der Waals surface area contributed by atoms with E-state index in [0.29, 0.717) is 16.1 Å². The van der Waals surface area contributed by atoms with Crippen LogP contribution in [0.5, 0.6) is 0 Å². The molecule has 2 aliphatic heterocycles. The van der Waals surface area contributed by atoms with Gasteiger partial charge in [-0.3, -0.25) is 0 Å². The second-order valence-corrected chi connectivity index (χ2v) is 5.79. The van der Waals surface area contributed by atoms with Crippen molar-refractivity contribution in [3.63, 3.8) is 0 Å². The first-order valence-electron chi connectivity index (χ1n) is 7.07. The molecule has 0 bridgehead atoms. The first-order valence-corrected chi connectivity index (χ1v) is 7.83. The number of piperazine rings is 2. The van der Waals surface area contributed by atoms with Crippen molar-refractivity contribution in [2.45, 2.75) is 6.04 Å². The van der Waals surface area contributed by atoms with Crippen LogP contribution in [0.1, 0.15) is 11.6 Å². The quantitative estimate of drug-likeness (QED) is 0.633. The van der Waals surface area contributed by atoms with Crippen LogP contribution in [0.4, 0.5) is 0 Å². The Morgan fingerprint density at radius 2 is 1.30 bits per heavy atom. The third-order valence-corrected chi connectivity index (χ3v) is 3.72. The first-order chi connectivity index (χ1) is 9.75. The van der Waals surface area contributed by atoms with Crippen LogP contribution in [0.2, 0.25) is 10.0 Å². The van der Waals surface area contributed by atoms with E-state index in [1.807, 2.05) is 12.1 Å². The molecule has 0 amide bonds. The maximum atomic E-state index is 5.94. The van der Waals surface area contributed by atoms with E-state index in [1.54, 1.807) is 6.07 Å². The molecular formula is C14H22Cl2N4. The molecule has 3 rings (SSSR count). The summed E-state index contributed by atoms with van der Waals surface area (Å²) in [6, 6.07) is 5.99. The van der Waals surface area contributed by atoms with Gasteiger partial charge in [-0.25, -0.2) is 0 Å². The fraction of sp³-hybridized carbons (Fsp3) is 0.571. The van der Waals surface area contributed by atoms with Crippen LogP contribution in [0.25, 0.3) is 0 Å². The minimum Gasteiger partial charge on any atom is -0.314 e. The van der Waals surface area contributed by atoms with Crippen molar-refractivity contribution >= 4 is 23.2 Å². The number of halogens is 2. The summed E-state index contributed by atoms with van der Waals surface area (Å²) in [5.74, 6) is 0. The molecule has 2 aliphatic rings. The molecule has 1 aromatic rings. The summed E-state index contributed by atoms with van der Waals surface area (Å²) in [7, 11) is 0. The molecule has 6 heteroatoms. The SMILES string of the molecule is C1CNCCN1.Clc1cc(Cl)cc(C2CNCCN2)c1. The number of hydrogen-bond acceptors (Lipinski definition) is 4. The second kappa shape index (κ2) is 8.82. The van der Waals surface area contributed by atoms with Crippen LogP contribution in [-0.4, -0.2) is 45.8 Å². The fourth-order valence-electron chi connectivity index (χ4n) is 2.27. The van der Waals surface area contributed by atoms with Gasteiger partial charge in [-0.2, -0.15) is 0 Å². The van der Waals surface area contributed by atoms with Gasteiger partial charge in [0, 0.05) is 61.9 Å². The molecule has 20 heavy (non-hydrogen) atoms. The summed E-state index contributed by atoms with van der Waals surface area (Å²) in [5.41, 5.74) is 1.15. The van der Waals surface area contributed by atoms with E-state index in [2.05, 4.69) is 21.3 Å². The van der Waals surface area contributed by atoms with E-state index in [0.717, 1.165) is 51.4 Å². The maximum Gasteiger partial charge on any atom is 0.0448 e. The smallest absolute Gasteiger partial charge is 0.0448 e. The summed E-state index contributed by atoms with van der Waals surface area (Å²) in [6.45, 7) is 7.48. The van der Waals surface area contributed by atoms with Gasteiger partial charge in [0.05, 0.1) is 0 Å². The minimum absolute atomic E-state index is 0.319. The standard InChI is InChI=1S/C10H12Cl2N2.C4H10N2/c11-8-3-7(4-9(12)5-8)10-6-13-1-2-14-10;1-2-6-4-3-5-1/h3-5,10,13-14H,1-2,6H2;5-6H,1-4H2. The third kappa shape index (κ3) is 5.56. The van der Waals surface area contributed by atoms with E-state index in [4.69, 9.17) is 23.2 Å². The Balaban J connectivity index is 0.000000205. The molecule has 0 aromatic heterocycles. The molecule has 112 valence electrons. The van der Waals surface area contributed by atoms with Crippen molar-refractivity contribution in [2.75, 3.05) is 45.8 Å². The molecular weight excluding hydrogens is 295 g/mol. The highest BCUT2D eigenvalue weighted by atomic mass is 35.5. The van der Waals surface area contributed by atoms with E-state index in [1.165, 1.54) is 0 Å². The summed E-state index contributed by atoms with van der Waals surface area (Å²) < 4.78 is 0. The van der Waals surface area contributed by atoms with Gasteiger partial charge in [-0.1, -0.05) is 23.2 Å². The number of benzene rings is 1. The zero-order valence-corrected chi connectivity index (χ0v) is 13.0. The van der Waals surface area contributed by atoms with E-state index in [9.17, 15) is 0 Å². The summed E-state index contributed by atoms with van der Waals surface area (Å²) in [4.78, 5) is 0. The molecule has 0 radical (unpaired) electrons. The van der Waals surface area contributed by atoms with Crippen LogP contribution in [-0.2, 0) is 0 Å². The van der Waals surface area contributed by atoms with Gasteiger partial charge in [0.15, 0.2) is 0 Å². The van der Waals surface area contributed by atoms with Crippen LogP contribution in [0.15, 0.2) is 18.2 Å². The van der Waals surface area contributed by atoms with Gasteiger partial charge in [-0.15, -0.1) is 0 Å². The minimum atomic E-state index is 0.319. The zero-order chi connectivity index (χ0) is 14.2. The van der Waals surface area contributed by atoms with Crippen molar-refractivity contribution in [2.24, 2.45) is 0 Å². The van der Waals surface area contributed by atoms with Crippen molar-refractivity contribution < 1.29 is 0 Å². The van der Waals surface area contributed by atoms with Crippen molar-refractivity contribution in [1.82, 2.24) is 21.3 Å². The maximum absolute atomic E-state index is 5.94. The summed E-state index contributed by atoms with van der Waals surface area (Å²) in [5, 5.41) is 14.6. The normalized spacial score (nSPS) is 22.8. The van der Waals surface area contributed by atoms with Gasteiger partial charge in [0.1, 0.15) is 0 Å². The molecule has 0 aliphatic carbocycles. The second-order valence-electron chi connectivity index (χ2n) is 4.91. The Bertz CT molecular complexity index is 372. The van der Waals surface area contributed by atoms with Crippen LogP contribution in [0.3, 0.4) is 0 Å². The topological polar surface area (TPSA) is 48.1 Å². The molecule has 4 N–H and O–H groups in total. The lowest BCUT2D eigenvalue weighted by Gasteiger charge is -2.25. The van der Waals surface area contributed by atoms with Crippen LogP contribution < -0.4 is 21.3 Å². The monoisotopic (exact) mass is 316 g/mol. The van der Waals surface area contributed by atoms with Crippen LogP contribution in [0, 0.1) is 0 Å². The van der Waals surface area contributed by atoms with Gasteiger partial charge in [0.25, 0.3) is 0 Å². The first kappa shape index (κ1) is 16.0. The zero-order valence-electron chi connectivity index (χ0n) is 11.5. The van der Waals surface area contributed by atoms with Crippen molar-refractivity contribution in [3.05, 3.63) is 33.8 Å². The van der Waals surface area contributed by atoms with Gasteiger partial charge >= 0.3 is 0 Å². The Hall–Kier alpha value is -0.360. The lowest BCUT2D eigenvalue weighted by molar-refractivity contribution is 0.430. The molecule has 0 saturated carbocycles. The highest BCUT2D eigenvalue weighted by Gasteiger charge is 2.14. The highest BCUT2D eigenvalue weighted by molar-refractivity contribution is 6.34. The average molecular weight is 317 g/mol. The van der Waals surface area contributed by atoms with Crippen LogP contribution >= 0.6 is 23.2 Å². The predicted molar refractivity (Wildman–Crippen MR) is 85.8 cm³/mol. The van der Waals surface area contributed by atoms with E-state index < -0.39 is 0 Å². The van der Waals surface area contributed by atoms with Gasteiger partial charge in [0.2, 0.25) is 0 Å². The predicted octanol–water partition coefficient (Wildman–Crippen LogP) is 1.41. The molecule has 2 heterocycles. The lowest BCUT2D eigenvalue weighted by atomic mass is 10.1. The molecule has 4 nitrogen and oxygen atoms in total. The molecule has 0 spiro atoms. The van der Waals surface area contributed by atoms with Crippen molar-refractivity contribution in [3.8, 4) is 0 Å². The van der Waals surface area contributed by atoms with E-state index in [-0.39, 0.29) is 0 Å². The number of rotatable bonds is 1. The largest absolute Gasteiger partial charge is 0.314 e. The average Bonchev–Trinajstić information content (AvgIpc) is 2.50. The molecule has 1 unspecified atom stereocenters. The molecule has 2 fully saturated rings. The number of nitrogens with one attached hydrogen (secondary N) is 4. The third-order valence-electron chi connectivity index (χ3n) is 3.29. The van der Waals surface area contributed by atoms with Gasteiger partial charge < -0.3 is 21.3 Å². The van der Waals surface area contributed by atoms with E-state index >= 15 is 0 Å². The Morgan fingerprint density at radius 1 is 0.750 bits per heavy atom. The lowest BCUT2D eigenvalue weighted by Crippen LogP contribution is -2.42. The Morgan fingerprint density at radius 3 is 1.75 bits per heavy atom. The molecule has 1 aromatic carbocycles. The molecule has 1 atom stereocenters. The highest BCUT2D eigenvalue weighted by Crippen LogP contribution is 2.23. The number of hydrogen-bond donors (Lipinski definition) is 4. The fourth-order valence-corrected chi connectivity index (χ4v) is 2.81. The summed E-state index contributed by atoms with van der Waals surface area (Å²) >= 11 is 11.9. The Kier molecular flexibility index (Phi) is 7.07. The van der Waals surface area contributed by atoms with Gasteiger partial charge in [-0.05, 0) is 23.8 Å². The summed E-state index contributed by atoms with van der Waals surface area (Å²) in [6.07, 6.45) is 0. The molecule has 2 saturated heterocycles. The van der Waals surface area contributed by atoms with Crippen molar-refractivity contribution in [1.29, 1.82) is 0 Å². The Labute approximate surface area is 130 Å².